The number of nitrogens with zero attached hydrogens (tertiary/aromatic N) is 6. The lowest BCUT2D eigenvalue weighted by Gasteiger charge is -2.36. The van der Waals surface area contributed by atoms with E-state index in [4.69, 9.17) is 48.1 Å². The smallest absolute Gasteiger partial charge is 0.328 e. The van der Waals surface area contributed by atoms with E-state index in [-0.39, 0.29) is 18.3 Å². The number of carboxylic acids is 2. The molecule has 92 heavy (non-hydrogen) atoms. The highest BCUT2D eigenvalue weighted by atomic mass is 32.2. The van der Waals surface area contributed by atoms with Gasteiger partial charge in [-0.2, -0.15) is 28.9 Å². The molecule has 0 radical (unpaired) electrons. The number of aliphatic carboxylic acids is 2. The minimum atomic E-state index is -5.15. The van der Waals surface area contributed by atoms with E-state index in [1.807, 2.05) is 185 Å². The molecule has 2 aliphatic heterocycles. The number of ether oxygens (including phenoxy) is 8. The molecule has 0 fully saturated rings. The molecule has 0 saturated heterocycles. The van der Waals surface area contributed by atoms with Crippen LogP contribution in [0.25, 0.3) is 0 Å². The number of carboxylic acid groups (broad SMARTS) is 2. The van der Waals surface area contributed by atoms with Crippen molar-refractivity contribution in [2.75, 3.05) is 76.3 Å². The highest BCUT2D eigenvalue weighted by Crippen LogP contribution is 2.42. The topological polar surface area (TPSA) is 265 Å². The molecule has 23 nitrogen and oxygen atoms in total. The second kappa shape index (κ2) is 34.8. The van der Waals surface area contributed by atoms with E-state index in [1.165, 1.54) is 0 Å². The lowest BCUT2D eigenvalue weighted by Crippen LogP contribution is -2.56. The first kappa shape index (κ1) is 71.8. The first-order valence-corrected chi connectivity index (χ1v) is 32.3. The van der Waals surface area contributed by atoms with Gasteiger partial charge < -0.3 is 48.1 Å². The summed E-state index contributed by atoms with van der Waals surface area (Å²) in [6.07, 6.45) is 5.37. The lowest BCUT2D eigenvalue weighted by molar-refractivity contribution is -0.153. The van der Waals surface area contributed by atoms with Crippen molar-refractivity contribution >= 4 is 56.5 Å². The standard InChI is InChI=1S/2C24H26N4O4.C20H38O7S/c2*1-5-32-21-9-7-6-8-20(21)28-26-24(17-10-15-22(30-3)23(16-17)31-4)25-27(28)18-11-13-19(29-2)14-12-18;1-5-9-11-15(7-3)13-17(18(21)22)20(19(23)24,28(25,26)27)14-16(8-4)12-10-6-2/h2*6-16H,5H2,1-4H3,(H,25,26);15-17H,5-14H2,1-4H3,(H,21,22)(H,23,24)(H,25,26,27). The van der Waals surface area contributed by atoms with E-state index in [2.05, 4.69) is 10.9 Å². The maximum Gasteiger partial charge on any atom is 0.328 e. The zero-order chi connectivity index (χ0) is 67.0. The number of para-hydroxylation sites is 4. The van der Waals surface area contributed by atoms with Crippen molar-refractivity contribution in [2.45, 2.75) is 110 Å². The van der Waals surface area contributed by atoms with Crippen molar-refractivity contribution in [3.63, 3.8) is 0 Å². The third-order valence-corrected chi connectivity index (χ3v) is 17.4. The number of hydrazine groups is 4. The van der Waals surface area contributed by atoms with Gasteiger partial charge in [-0.3, -0.25) is 25.0 Å². The monoisotopic (exact) mass is 1290 g/mol. The molecule has 5 N–H and O–H groups in total. The molecule has 0 amide bonds. The van der Waals surface area contributed by atoms with Gasteiger partial charge in [0.25, 0.3) is 10.1 Å². The van der Waals surface area contributed by atoms with Crippen LogP contribution in [0.15, 0.2) is 144 Å². The summed E-state index contributed by atoms with van der Waals surface area (Å²) < 4.78 is 76.0. The Bertz CT molecular complexity index is 3330. The summed E-state index contributed by atoms with van der Waals surface area (Å²) in [5, 5.41) is 36.7. The normalized spacial score (nSPS) is 14.2. The summed E-state index contributed by atoms with van der Waals surface area (Å²) in [6.45, 7) is 12.7. The number of benzene rings is 6. The Morgan fingerprint density at radius 3 is 1.26 bits per heavy atom. The van der Waals surface area contributed by atoms with Crippen LogP contribution < -0.4 is 69.2 Å². The number of methoxy groups -OCH3 is 6. The number of rotatable bonds is 32. The summed E-state index contributed by atoms with van der Waals surface area (Å²) in [6, 6.07) is 42.3. The molecule has 0 spiro atoms. The maximum atomic E-state index is 12.4. The average Bonchev–Trinajstić information content (AvgIpc) is 0.908. The summed E-state index contributed by atoms with van der Waals surface area (Å²) in [5.41, 5.74) is 11.8. The molecule has 0 saturated carbocycles. The lowest BCUT2D eigenvalue weighted by atomic mass is 9.76. The zero-order valence-electron chi connectivity index (χ0n) is 54.8. The van der Waals surface area contributed by atoms with Crippen molar-refractivity contribution < 1.29 is 70.7 Å². The van der Waals surface area contributed by atoms with Crippen molar-refractivity contribution in [3.05, 3.63) is 145 Å². The van der Waals surface area contributed by atoms with E-state index < -0.39 is 39.1 Å². The van der Waals surface area contributed by atoms with Crippen molar-refractivity contribution in [3.8, 4) is 46.0 Å². The average molecular weight is 1290 g/mol. The van der Waals surface area contributed by atoms with Crippen LogP contribution in [0.5, 0.6) is 46.0 Å². The number of carbonyl (C=O) groups is 2. The first-order chi connectivity index (χ1) is 44.4. The molecule has 2 heterocycles. The number of hydrogen-bond donors (Lipinski definition) is 5. The molecule has 8 rings (SSSR count). The van der Waals surface area contributed by atoms with Gasteiger partial charge in [0, 0.05) is 11.1 Å². The van der Waals surface area contributed by atoms with Crippen molar-refractivity contribution in [1.29, 1.82) is 0 Å². The van der Waals surface area contributed by atoms with E-state index >= 15 is 0 Å². The van der Waals surface area contributed by atoms with Gasteiger partial charge in [0.05, 0.1) is 73.2 Å². The molecule has 4 unspecified atom stereocenters. The number of hydrazone groups is 2. The Morgan fingerprint density at radius 1 is 0.522 bits per heavy atom. The van der Waals surface area contributed by atoms with E-state index in [0.29, 0.717) is 73.6 Å². The zero-order valence-corrected chi connectivity index (χ0v) is 55.6. The molecule has 498 valence electrons. The van der Waals surface area contributed by atoms with Gasteiger partial charge in [-0.1, -0.05) is 103 Å². The third kappa shape index (κ3) is 17.6. The van der Waals surface area contributed by atoms with Crippen LogP contribution in [0.4, 0.5) is 22.7 Å². The van der Waals surface area contributed by atoms with Crippen LogP contribution in [0.2, 0.25) is 0 Å². The van der Waals surface area contributed by atoms with Crippen LogP contribution in [0.3, 0.4) is 0 Å². The van der Waals surface area contributed by atoms with Gasteiger partial charge in [-0.05, 0) is 148 Å². The van der Waals surface area contributed by atoms with Gasteiger partial charge in [-0.25, -0.2) is 0 Å². The number of anilines is 4. The Morgan fingerprint density at radius 2 is 0.924 bits per heavy atom. The van der Waals surface area contributed by atoms with Gasteiger partial charge in [0.1, 0.15) is 34.4 Å². The van der Waals surface area contributed by atoms with Gasteiger partial charge in [0.15, 0.2) is 34.7 Å². The number of nitrogens with one attached hydrogen (secondary N) is 2. The van der Waals surface area contributed by atoms with E-state index in [0.717, 1.165) is 82.6 Å². The minimum absolute atomic E-state index is 0.0812. The Balaban J connectivity index is 0.000000220. The van der Waals surface area contributed by atoms with E-state index in [1.54, 1.807) is 52.9 Å². The molecule has 0 bridgehead atoms. The van der Waals surface area contributed by atoms with Crippen LogP contribution in [0, 0.1) is 17.8 Å². The predicted molar refractivity (Wildman–Crippen MR) is 358 cm³/mol. The van der Waals surface area contributed by atoms with Gasteiger partial charge in [0.2, 0.25) is 4.75 Å². The molecule has 4 atom stereocenters. The Hall–Kier alpha value is -9.29. The second-order valence-electron chi connectivity index (χ2n) is 21.5. The molecule has 6 aromatic carbocycles. The van der Waals surface area contributed by atoms with Crippen LogP contribution >= 0.6 is 0 Å². The number of hydrogen-bond acceptors (Lipinski definition) is 20. The number of unbranched alkanes of at least 4 members (excludes halogenated alkanes) is 2. The minimum Gasteiger partial charge on any atom is -0.497 e. The summed E-state index contributed by atoms with van der Waals surface area (Å²) in [7, 11) is 4.58. The summed E-state index contributed by atoms with van der Waals surface area (Å²) >= 11 is 0. The fourth-order valence-corrected chi connectivity index (χ4v) is 11.9. The first-order valence-electron chi connectivity index (χ1n) is 30.9. The van der Waals surface area contributed by atoms with Crippen molar-refractivity contribution in [1.82, 2.24) is 10.9 Å². The summed E-state index contributed by atoms with van der Waals surface area (Å²) in [5.74, 6) is 1.50. The molecular formula is C68H90N8O15S. The molecule has 0 aromatic heterocycles. The highest BCUT2D eigenvalue weighted by Gasteiger charge is 2.60. The van der Waals surface area contributed by atoms with Crippen molar-refractivity contribution in [2.24, 2.45) is 28.0 Å². The van der Waals surface area contributed by atoms with Crippen LogP contribution in [-0.4, -0.2) is 107 Å². The fraction of sp³-hybridized carbons (Fsp3) is 0.412. The fourth-order valence-electron chi connectivity index (χ4n) is 10.7. The van der Waals surface area contributed by atoms with E-state index in [9.17, 15) is 32.8 Å². The molecule has 24 heteroatoms. The SMILES string of the molecule is CCCCC(CC)CC(C(=O)O)C(CC(CC)CCCC)(C(=O)O)S(=O)(=O)O.CCOc1ccccc1N1NC(c2ccc(OC)c(OC)c2)=NN1c1ccc(OC)cc1.CCOc1ccccc1N1NC(c2ccc(OC)c(OC)c2)=NN1c1ccc(OC)cc1. The Labute approximate surface area is 541 Å². The molecule has 6 aromatic rings. The van der Waals surface area contributed by atoms with Gasteiger partial charge in [-0.15, -0.1) is 10.2 Å². The quantitative estimate of drug-likeness (QED) is 0.0246. The van der Waals surface area contributed by atoms with Crippen LogP contribution in [0.1, 0.15) is 117 Å². The van der Waals surface area contributed by atoms with Crippen LogP contribution in [-0.2, 0) is 19.7 Å². The van der Waals surface area contributed by atoms with Gasteiger partial charge >= 0.3 is 11.9 Å². The molecule has 2 aliphatic rings. The summed E-state index contributed by atoms with van der Waals surface area (Å²) in [4.78, 5) is 24.3. The highest BCUT2D eigenvalue weighted by molar-refractivity contribution is 7.88. The molecule has 0 aliphatic carbocycles. The third-order valence-electron chi connectivity index (χ3n) is 15.8. The molecular weight excluding hydrogens is 1200 g/mol. The Kier molecular flexibility index (Phi) is 27.1. The number of amidine groups is 2. The second-order valence-corrected chi connectivity index (χ2v) is 23.2. The maximum absolute atomic E-state index is 12.4. The predicted octanol–water partition coefficient (Wildman–Crippen LogP) is 13.0. The largest absolute Gasteiger partial charge is 0.497 e.